The van der Waals surface area contributed by atoms with E-state index >= 15 is 0 Å². The lowest BCUT2D eigenvalue weighted by atomic mass is 9.85. The van der Waals surface area contributed by atoms with E-state index in [0.29, 0.717) is 18.0 Å². The van der Waals surface area contributed by atoms with E-state index in [4.69, 9.17) is 4.42 Å². The summed E-state index contributed by atoms with van der Waals surface area (Å²) in [7, 11) is 0. The van der Waals surface area contributed by atoms with Crippen LogP contribution in [0.5, 0.6) is 0 Å². The highest BCUT2D eigenvalue weighted by Gasteiger charge is 2.51. The van der Waals surface area contributed by atoms with E-state index in [1.165, 1.54) is 11.2 Å². The Bertz CT molecular complexity index is 1090. The Morgan fingerprint density at radius 1 is 1.10 bits per heavy atom. The van der Waals surface area contributed by atoms with E-state index in [0.717, 1.165) is 28.7 Å². The van der Waals surface area contributed by atoms with Crippen molar-refractivity contribution in [2.45, 2.75) is 45.7 Å². The number of hydrogen-bond donors (Lipinski definition) is 1. The molecule has 2 heterocycles. The molecule has 0 spiro atoms. The third kappa shape index (κ3) is 3.38. The molecule has 0 saturated carbocycles. The summed E-state index contributed by atoms with van der Waals surface area (Å²) in [4.78, 5) is 31.9. The zero-order valence-electron chi connectivity index (χ0n) is 17.4. The average Bonchev–Trinajstić information content (AvgIpc) is 3.28. The molecular formula is C24H25N3O3. The lowest BCUT2D eigenvalue weighted by Crippen LogP contribution is -2.43. The molecule has 4 rings (SSSR count). The number of carbonyl (C=O) groups is 2. The lowest BCUT2D eigenvalue weighted by molar-refractivity contribution is -0.132. The van der Waals surface area contributed by atoms with Gasteiger partial charge in [0.15, 0.2) is 0 Å². The number of aromatic nitrogens is 1. The van der Waals surface area contributed by atoms with Gasteiger partial charge in [0.05, 0.1) is 12.2 Å². The van der Waals surface area contributed by atoms with Gasteiger partial charge in [-0.15, -0.1) is 0 Å². The van der Waals surface area contributed by atoms with Crippen molar-refractivity contribution in [1.82, 2.24) is 15.2 Å². The van der Waals surface area contributed by atoms with Crippen LogP contribution in [0.3, 0.4) is 0 Å². The van der Waals surface area contributed by atoms with E-state index in [-0.39, 0.29) is 12.5 Å². The molecule has 1 aromatic heterocycles. The molecule has 2 aromatic carbocycles. The first-order chi connectivity index (χ1) is 14.4. The Balaban J connectivity index is 1.60. The molecule has 30 heavy (non-hydrogen) atoms. The number of urea groups is 1. The quantitative estimate of drug-likeness (QED) is 0.605. The van der Waals surface area contributed by atoms with Gasteiger partial charge in [-0.3, -0.25) is 9.69 Å². The second kappa shape index (κ2) is 7.78. The smallest absolute Gasteiger partial charge is 0.325 e. The minimum absolute atomic E-state index is 0.0668. The maximum atomic E-state index is 13.4. The number of nitrogens with zero attached hydrogens (tertiary/aromatic N) is 2. The minimum atomic E-state index is -1.03. The SMILES string of the molecule is CCC[C@@]1(c2ccccc2)NC(=O)N(Cc2coc(-c3ccc(C)cc3C)n2)C1=O. The Morgan fingerprint density at radius 2 is 1.87 bits per heavy atom. The molecule has 3 aromatic rings. The Labute approximate surface area is 175 Å². The summed E-state index contributed by atoms with van der Waals surface area (Å²) in [6, 6.07) is 15.0. The number of oxazole rings is 1. The summed E-state index contributed by atoms with van der Waals surface area (Å²) in [5, 5.41) is 2.94. The number of rotatable bonds is 6. The topological polar surface area (TPSA) is 75.4 Å². The standard InChI is InChI=1S/C24H25N3O3/c1-4-12-24(18-8-6-5-7-9-18)22(28)27(23(29)26-24)14-19-15-30-21(25-19)20-11-10-16(2)13-17(20)3/h5-11,13,15H,4,12,14H2,1-3H3,(H,26,29)/t24-/m0/s1. The molecule has 0 unspecified atom stereocenters. The fraction of sp³-hybridized carbons (Fsp3) is 0.292. The van der Waals surface area contributed by atoms with Gasteiger partial charge in [0.1, 0.15) is 11.8 Å². The third-order valence-electron chi connectivity index (χ3n) is 5.55. The van der Waals surface area contributed by atoms with Crippen molar-refractivity contribution in [1.29, 1.82) is 0 Å². The Hall–Kier alpha value is -3.41. The van der Waals surface area contributed by atoms with Gasteiger partial charge in [-0.2, -0.15) is 0 Å². The van der Waals surface area contributed by atoms with Crippen LogP contribution in [0.15, 0.2) is 59.2 Å². The van der Waals surface area contributed by atoms with Crippen LogP contribution < -0.4 is 5.32 Å². The zero-order chi connectivity index (χ0) is 21.3. The largest absolute Gasteiger partial charge is 0.444 e. The molecule has 0 aliphatic carbocycles. The number of carbonyl (C=O) groups excluding carboxylic acids is 2. The molecule has 1 N–H and O–H groups in total. The van der Waals surface area contributed by atoms with Gasteiger partial charge in [-0.25, -0.2) is 9.78 Å². The number of amides is 3. The zero-order valence-corrected chi connectivity index (χ0v) is 17.4. The van der Waals surface area contributed by atoms with Crippen LogP contribution in [-0.2, 0) is 16.9 Å². The van der Waals surface area contributed by atoms with Crippen molar-refractivity contribution in [3.05, 3.63) is 77.2 Å². The maximum Gasteiger partial charge on any atom is 0.325 e. The molecule has 1 saturated heterocycles. The van der Waals surface area contributed by atoms with Crippen molar-refractivity contribution >= 4 is 11.9 Å². The van der Waals surface area contributed by atoms with Gasteiger partial charge in [0, 0.05) is 5.56 Å². The molecule has 1 aliphatic rings. The fourth-order valence-corrected chi connectivity index (χ4v) is 4.10. The summed E-state index contributed by atoms with van der Waals surface area (Å²) in [5.74, 6) is 0.231. The van der Waals surface area contributed by atoms with Crippen LogP contribution in [-0.4, -0.2) is 21.8 Å². The maximum absolute atomic E-state index is 13.4. The number of hydrogen-bond acceptors (Lipinski definition) is 4. The molecule has 6 heteroatoms. The third-order valence-corrected chi connectivity index (χ3v) is 5.55. The van der Waals surface area contributed by atoms with Gasteiger partial charge >= 0.3 is 6.03 Å². The van der Waals surface area contributed by atoms with Gasteiger partial charge in [0.2, 0.25) is 5.89 Å². The molecule has 154 valence electrons. The summed E-state index contributed by atoms with van der Waals surface area (Å²) in [6.07, 6.45) is 2.80. The molecule has 6 nitrogen and oxygen atoms in total. The molecule has 0 radical (unpaired) electrons. The molecular weight excluding hydrogens is 378 g/mol. The highest BCUT2D eigenvalue weighted by atomic mass is 16.3. The molecule has 0 bridgehead atoms. The van der Waals surface area contributed by atoms with Crippen molar-refractivity contribution in [2.24, 2.45) is 0 Å². The van der Waals surface area contributed by atoms with Crippen LogP contribution in [0.25, 0.3) is 11.5 Å². The van der Waals surface area contributed by atoms with Crippen LogP contribution in [0, 0.1) is 13.8 Å². The Morgan fingerprint density at radius 3 is 2.57 bits per heavy atom. The highest BCUT2D eigenvalue weighted by Crippen LogP contribution is 2.34. The van der Waals surface area contributed by atoms with Gasteiger partial charge in [0.25, 0.3) is 5.91 Å². The molecule has 3 amide bonds. The van der Waals surface area contributed by atoms with Crippen molar-refractivity contribution in [2.75, 3.05) is 0 Å². The van der Waals surface area contributed by atoms with Crippen LogP contribution in [0.1, 0.15) is 42.1 Å². The predicted octanol–water partition coefficient (Wildman–Crippen LogP) is 4.71. The molecule has 1 aliphatic heterocycles. The number of nitrogens with one attached hydrogen (secondary N) is 1. The van der Waals surface area contributed by atoms with Crippen LogP contribution in [0.2, 0.25) is 0 Å². The van der Waals surface area contributed by atoms with Crippen molar-refractivity contribution in [3.8, 4) is 11.5 Å². The first-order valence-electron chi connectivity index (χ1n) is 10.2. The summed E-state index contributed by atoms with van der Waals surface area (Å²) < 4.78 is 5.66. The van der Waals surface area contributed by atoms with Crippen molar-refractivity contribution < 1.29 is 14.0 Å². The monoisotopic (exact) mass is 403 g/mol. The number of aryl methyl sites for hydroxylation is 2. The first kappa shape index (κ1) is 19.9. The number of imide groups is 1. The summed E-state index contributed by atoms with van der Waals surface area (Å²) in [6.45, 7) is 6.10. The molecule has 1 atom stereocenters. The minimum Gasteiger partial charge on any atom is -0.444 e. The highest BCUT2D eigenvalue weighted by molar-refractivity contribution is 6.07. The second-order valence-electron chi connectivity index (χ2n) is 7.81. The average molecular weight is 403 g/mol. The predicted molar refractivity (Wildman–Crippen MR) is 114 cm³/mol. The van der Waals surface area contributed by atoms with E-state index in [1.807, 2.05) is 63.2 Å². The normalized spacial score (nSPS) is 18.7. The summed E-state index contributed by atoms with van der Waals surface area (Å²) in [5.41, 5.74) is 3.42. The Kier molecular flexibility index (Phi) is 5.16. The van der Waals surface area contributed by atoms with E-state index < -0.39 is 11.6 Å². The molecule has 1 fully saturated rings. The van der Waals surface area contributed by atoms with E-state index in [9.17, 15) is 9.59 Å². The van der Waals surface area contributed by atoms with Crippen LogP contribution in [0.4, 0.5) is 4.79 Å². The second-order valence-corrected chi connectivity index (χ2v) is 7.81. The van der Waals surface area contributed by atoms with Gasteiger partial charge in [-0.05, 0) is 37.5 Å². The fourth-order valence-electron chi connectivity index (χ4n) is 4.10. The summed E-state index contributed by atoms with van der Waals surface area (Å²) >= 11 is 0. The van der Waals surface area contributed by atoms with Crippen LogP contribution >= 0.6 is 0 Å². The van der Waals surface area contributed by atoms with Gasteiger partial charge in [-0.1, -0.05) is 61.4 Å². The lowest BCUT2D eigenvalue weighted by Gasteiger charge is -2.26. The number of benzene rings is 2. The van der Waals surface area contributed by atoms with Crippen molar-refractivity contribution in [3.63, 3.8) is 0 Å². The first-order valence-corrected chi connectivity index (χ1v) is 10.2. The van der Waals surface area contributed by atoms with Gasteiger partial charge < -0.3 is 9.73 Å². The van der Waals surface area contributed by atoms with E-state index in [2.05, 4.69) is 16.4 Å². The van der Waals surface area contributed by atoms with E-state index in [1.54, 1.807) is 0 Å².